The molecule has 4 nitrogen and oxygen atoms in total. The van der Waals surface area contributed by atoms with E-state index in [1.54, 1.807) is 0 Å². The molecule has 106 valence electrons. The van der Waals surface area contributed by atoms with Gasteiger partial charge in [-0.05, 0) is 31.2 Å². The lowest BCUT2D eigenvalue weighted by molar-refractivity contribution is -0.124. The van der Waals surface area contributed by atoms with E-state index in [-0.39, 0.29) is 12.0 Å². The number of hydrogen-bond donors (Lipinski definition) is 2. The number of nitrogens with two attached hydrogens (primary N) is 1. The molecule has 0 radical (unpaired) electrons. The van der Waals surface area contributed by atoms with Crippen molar-refractivity contribution in [2.24, 2.45) is 11.1 Å². The van der Waals surface area contributed by atoms with E-state index in [9.17, 15) is 4.79 Å². The largest absolute Gasteiger partial charge is 0.378 e. The molecule has 1 aliphatic rings. The van der Waals surface area contributed by atoms with Crippen LogP contribution in [0.3, 0.4) is 0 Å². The summed E-state index contributed by atoms with van der Waals surface area (Å²) in [7, 11) is 0. The molecule has 0 heterocycles. The van der Waals surface area contributed by atoms with E-state index in [0.717, 1.165) is 32.4 Å². The number of carbonyl (C=O) groups excluding carboxylic acids is 1. The molecule has 1 amide bonds. The average Bonchev–Trinajstić information content (AvgIpc) is 2.61. The van der Waals surface area contributed by atoms with Crippen molar-refractivity contribution in [3.8, 4) is 0 Å². The Labute approximate surface area is 111 Å². The van der Waals surface area contributed by atoms with Crippen molar-refractivity contribution in [3.05, 3.63) is 0 Å². The molecule has 1 aliphatic carbocycles. The number of likely N-dealkylation sites (N-methyl/N-ethyl adjacent to an activating group) is 1. The first-order chi connectivity index (χ1) is 8.29. The summed E-state index contributed by atoms with van der Waals surface area (Å²) in [5, 5.41) is 3.24. The molecule has 2 unspecified atom stereocenters. The van der Waals surface area contributed by atoms with E-state index in [1.807, 2.05) is 6.92 Å². The molecular formula is C14H28N2O2. The second-order valence-electron chi connectivity index (χ2n) is 6.52. The van der Waals surface area contributed by atoms with Gasteiger partial charge in [0.15, 0.2) is 0 Å². The average molecular weight is 256 g/mol. The molecule has 0 aliphatic heterocycles. The van der Waals surface area contributed by atoms with E-state index >= 15 is 0 Å². The van der Waals surface area contributed by atoms with Crippen LogP contribution in [0.5, 0.6) is 0 Å². The third-order valence-corrected chi connectivity index (χ3v) is 3.66. The van der Waals surface area contributed by atoms with Crippen LogP contribution < -0.4 is 11.1 Å². The topological polar surface area (TPSA) is 64.3 Å². The number of primary amides is 1. The molecule has 2 atom stereocenters. The van der Waals surface area contributed by atoms with Crippen molar-refractivity contribution in [2.75, 3.05) is 13.2 Å². The summed E-state index contributed by atoms with van der Waals surface area (Å²) in [6.45, 7) is 10.1. The van der Waals surface area contributed by atoms with Crippen LogP contribution in [-0.2, 0) is 9.53 Å². The van der Waals surface area contributed by atoms with Crippen LogP contribution >= 0.6 is 0 Å². The van der Waals surface area contributed by atoms with Gasteiger partial charge in [-0.25, -0.2) is 0 Å². The van der Waals surface area contributed by atoms with E-state index in [4.69, 9.17) is 10.5 Å². The summed E-state index contributed by atoms with van der Waals surface area (Å²) >= 11 is 0. The zero-order chi connectivity index (χ0) is 13.8. The Hall–Kier alpha value is -0.610. The SMILES string of the molecule is CCNC1(C(N)=O)CCC(OCCC(C)(C)C)C1. The number of nitrogens with one attached hydrogen (secondary N) is 1. The molecule has 0 aromatic rings. The minimum Gasteiger partial charge on any atom is -0.378 e. The first-order valence-electron chi connectivity index (χ1n) is 6.95. The van der Waals surface area contributed by atoms with Gasteiger partial charge in [0.2, 0.25) is 5.91 Å². The molecule has 1 rings (SSSR count). The third kappa shape index (κ3) is 4.25. The van der Waals surface area contributed by atoms with Crippen molar-refractivity contribution in [3.63, 3.8) is 0 Å². The van der Waals surface area contributed by atoms with E-state index < -0.39 is 5.54 Å². The minimum atomic E-state index is -0.541. The Morgan fingerprint density at radius 2 is 2.17 bits per heavy atom. The maximum Gasteiger partial charge on any atom is 0.237 e. The molecule has 0 saturated heterocycles. The van der Waals surface area contributed by atoms with Crippen molar-refractivity contribution in [1.82, 2.24) is 5.32 Å². The fraction of sp³-hybridized carbons (Fsp3) is 0.929. The highest BCUT2D eigenvalue weighted by Crippen LogP contribution is 2.32. The molecule has 0 aromatic heterocycles. The Morgan fingerprint density at radius 3 is 2.67 bits per heavy atom. The van der Waals surface area contributed by atoms with Gasteiger partial charge in [0, 0.05) is 13.0 Å². The predicted octanol–water partition coefficient (Wildman–Crippen LogP) is 1.83. The van der Waals surface area contributed by atoms with Gasteiger partial charge in [0.25, 0.3) is 0 Å². The monoisotopic (exact) mass is 256 g/mol. The number of hydrogen-bond acceptors (Lipinski definition) is 3. The van der Waals surface area contributed by atoms with Gasteiger partial charge in [-0.1, -0.05) is 27.7 Å². The van der Waals surface area contributed by atoms with Crippen molar-refractivity contribution >= 4 is 5.91 Å². The Morgan fingerprint density at radius 1 is 1.50 bits per heavy atom. The Bertz CT molecular complexity index is 286. The van der Waals surface area contributed by atoms with Gasteiger partial charge in [-0.2, -0.15) is 0 Å². The second-order valence-corrected chi connectivity index (χ2v) is 6.52. The molecular weight excluding hydrogens is 228 g/mol. The summed E-state index contributed by atoms with van der Waals surface area (Å²) < 4.78 is 5.88. The van der Waals surface area contributed by atoms with Crippen molar-refractivity contribution in [2.45, 2.75) is 65.0 Å². The second kappa shape index (κ2) is 6.02. The van der Waals surface area contributed by atoms with Gasteiger partial charge >= 0.3 is 0 Å². The number of carbonyl (C=O) groups is 1. The summed E-state index contributed by atoms with van der Waals surface area (Å²) in [4.78, 5) is 11.6. The van der Waals surface area contributed by atoms with E-state index in [0.29, 0.717) is 11.8 Å². The molecule has 3 N–H and O–H groups in total. The zero-order valence-corrected chi connectivity index (χ0v) is 12.2. The zero-order valence-electron chi connectivity index (χ0n) is 12.2. The summed E-state index contributed by atoms with van der Waals surface area (Å²) in [5.41, 5.74) is 5.27. The highest BCUT2D eigenvalue weighted by Gasteiger charge is 2.43. The maximum atomic E-state index is 11.6. The quantitative estimate of drug-likeness (QED) is 0.762. The Balaban J connectivity index is 2.42. The number of ether oxygens (including phenoxy) is 1. The lowest BCUT2D eigenvalue weighted by Gasteiger charge is -2.26. The highest BCUT2D eigenvalue weighted by molar-refractivity contribution is 5.85. The number of rotatable bonds is 6. The maximum absolute atomic E-state index is 11.6. The smallest absolute Gasteiger partial charge is 0.237 e. The lowest BCUT2D eigenvalue weighted by Crippen LogP contribution is -2.53. The van der Waals surface area contributed by atoms with E-state index in [2.05, 4.69) is 26.1 Å². The van der Waals surface area contributed by atoms with Crippen LogP contribution in [0.2, 0.25) is 0 Å². The molecule has 0 spiro atoms. The van der Waals surface area contributed by atoms with Crippen LogP contribution in [-0.4, -0.2) is 30.7 Å². The standard InChI is InChI=1S/C14H28N2O2/c1-5-16-14(12(15)17)7-6-11(10-14)18-9-8-13(2,3)4/h11,16H,5-10H2,1-4H3,(H2,15,17). The Kier molecular flexibility index (Phi) is 5.17. The van der Waals surface area contributed by atoms with Gasteiger partial charge < -0.3 is 15.8 Å². The fourth-order valence-electron chi connectivity index (χ4n) is 2.48. The molecule has 0 aromatic carbocycles. The first kappa shape index (κ1) is 15.4. The van der Waals surface area contributed by atoms with Crippen molar-refractivity contribution < 1.29 is 9.53 Å². The van der Waals surface area contributed by atoms with Crippen molar-refractivity contribution in [1.29, 1.82) is 0 Å². The van der Waals surface area contributed by atoms with Gasteiger partial charge in [0.1, 0.15) is 5.54 Å². The molecule has 1 saturated carbocycles. The minimum absolute atomic E-state index is 0.166. The van der Waals surface area contributed by atoms with Crippen LogP contribution in [0.1, 0.15) is 53.4 Å². The molecule has 18 heavy (non-hydrogen) atoms. The van der Waals surface area contributed by atoms with Crippen LogP contribution in [0.4, 0.5) is 0 Å². The van der Waals surface area contributed by atoms with Crippen LogP contribution in [0.15, 0.2) is 0 Å². The van der Waals surface area contributed by atoms with Gasteiger partial charge in [-0.3, -0.25) is 4.79 Å². The van der Waals surface area contributed by atoms with Gasteiger partial charge in [0.05, 0.1) is 6.10 Å². The molecule has 0 bridgehead atoms. The number of amides is 1. The van der Waals surface area contributed by atoms with Gasteiger partial charge in [-0.15, -0.1) is 0 Å². The molecule has 1 fully saturated rings. The highest BCUT2D eigenvalue weighted by atomic mass is 16.5. The summed E-state index contributed by atoms with van der Waals surface area (Å²) in [6.07, 6.45) is 3.62. The van der Waals surface area contributed by atoms with Crippen LogP contribution in [0, 0.1) is 5.41 Å². The summed E-state index contributed by atoms with van der Waals surface area (Å²) in [5.74, 6) is -0.244. The lowest BCUT2D eigenvalue weighted by atomic mass is 9.93. The van der Waals surface area contributed by atoms with E-state index in [1.165, 1.54) is 0 Å². The van der Waals surface area contributed by atoms with Crippen LogP contribution in [0.25, 0.3) is 0 Å². The predicted molar refractivity (Wildman–Crippen MR) is 73.3 cm³/mol. The summed E-state index contributed by atoms with van der Waals surface area (Å²) in [6, 6.07) is 0. The third-order valence-electron chi connectivity index (χ3n) is 3.66. The molecule has 4 heteroatoms. The first-order valence-corrected chi connectivity index (χ1v) is 6.95. The fourth-order valence-corrected chi connectivity index (χ4v) is 2.48. The normalized spacial score (nSPS) is 28.6.